The Bertz CT molecular complexity index is 410. The molecule has 4 nitrogen and oxygen atoms in total. The normalized spacial score (nSPS) is 25.1. The third kappa shape index (κ3) is 3.64. The van der Waals surface area contributed by atoms with Crippen molar-refractivity contribution in [3.63, 3.8) is 0 Å². The minimum atomic E-state index is 0.121. The van der Waals surface area contributed by atoms with Gasteiger partial charge in [-0.25, -0.2) is 0 Å². The summed E-state index contributed by atoms with van der Waals surface area (Å²) < 4.78 is 17.3. The molecule has 1 N–H and O–H groups in total. The molecule has 112 valence electrons. The van der Waals surface area contributed by atoms with Crippen LogP contribution in [0.25, 0.3) is 0 Å². The largest absolute Gasteiger partial charge is 0.494 e. The number of hydrogen-bond acceptors (Lipinski definition) is 4. The Kier molecular flexibility index (Phi) is 5.68. The third-order valence-corrected chi connectivity index (χ3v) is 3.48. The van der Waals surface area contributed by atoms with Gasteiger partial charge in [0.2, 0.25) is 0 Å². The van der Waals surface area contributed by atoms with E-state index in [-0.39, 0.29) is 12.2 Å². The van der Waals surface area contributed by atoms with Gasteiger partial charge >= 0.3 is 0 Å². The fourth-order valence-electron chi connectivity index (χ4n) is 2.55. The van der Waals surface area contributed by atoms with Crippen LogP contribution in [0.15, 0.2) is 24.3 Å². The molecule has 2 rings (SSSR count). The first kappa shape index (κ1) is 15.1. The summed E-state index contributed by atoms with van der Waals surface area (Å²) in [5.41, 5.74) is 0. The van der Waals surface area contributed by atoms with E-state index in [1.54, 1.807) is 0 Å². The molecule has 0 heterocycles. The fourth-order valence-corrected chi connectivity index (χ4v) is 2.55. The number of likely N-dealkylation sites (N-methyl/N-ethyl adjacent to an activating group) is 1. The van der Waals surface area contributed by atoms with Gasteiger partial charge in [-0.2, -0.15) is 0 Å². The lowest BCUT2D eigenvalue weighted by atomic mass is 9.85. The van der Waals surface area contributed by atoms with Gasteiger partial charge in [0.25, 0.3) is 0 Å². The van der Waals surface area contributed by atoms with Crippen molar-refractivity contribution in [1.82, 2.24) is 5.32 Å². The molecule has 4 heteroatoms. The quantitative estimate of drug-likeness (QED) is 0.794. The van der Waals surface area contributed by atoms with E-state index in [2.05, 4.69) is 12.2 Å². The van der Waals surface area contributed by atoms with Crippen molar-refractivity contribution in [2.45, 2.75) is 45.4 Å². The van der Waals surface area contributed by atoms with Gasteiger partial charge in [-0.3, -0.25) is 0 Å². The summed E-state index contributed by atoms with van der Waals surface area (Å²) in [6, 6.07) is 8.20. The predicted molar refractivity (Wildman–Crippen MR) is 79.5 cm³/mol. The van der Waals surface area contributed by atoms with Crippen LogP contribution in [-0.2, 0) is 4.74 Å². The highest BCUT2D eigenvalue weighted by atomic mass is 16.5. The summed E-state index contributed by atoms with van der Waals surface area (Å²) in [6.07, 6.45) is 1.24. The molecular formula is C16H25NO3. The van der Waals surface area contributed by atoms with Crippen molar-refractivity contribution in [2.75, 3.05) is 19.8 Å². The maximum absolute atomic E-state index is 6.03. The molecule has 0 radical (unpaired) electrons. The molecule has 0 spiro atoms. The fraction of sp³-hybridized carbons (Fsp3) is 0.625. The molecule has 3 unspecified atom stereocenters. The first-order chi connectivity index (χ1) is 9.78. The molecule has 1 aromatic rings. The van der Waals surface area contributed by atoms with Crippen LogP contribution < -0.4 is 14.8 Å². The lowest BCUT2D eigenvalue weighted by Gasteiger charge is -2.44. The number of hydrogen-bond donors (Lipinski definition) is 1. The van der Waals surface area contributed by atoms with Crippen molar-refractivity contribution in [3.8, 4) is 11.5 Å². The van der Waals surface area contributed by atoms with Crippen LogP contribution in [-0.4, -0.2) is 38.0 Å². The minimum Gasteiger partial charge on any atom is -0.494 e. The molecule has 1 fully saturated rings. The summed E-state index contributed by atoms with van der Waals surface area (Å²) >= 11 is 0. The van der Waals surface area contributed by atoms with Crippen LogP contribution in [0, 0.1) is 0 Å². The SMILES string of the molecule is CCNC1CC(Oc2cccc(OCC)c2)C1OCC. The first-order valence-electron chi connectivity index (χ1n) is 7.53. The zero-order valence-electron chi connectivity index (χ0n) is 12.6. The van der Waals surface area contributed by atoms with Crippen LogP contribution in [0.3, 0.4) is 0 Å². The van der Waals surface area contributed by atoms with Crippen molar-refractivity contribution >= 4 is 0 Å². The van der Waals surface area contributed by atoms with Gasteiger partial charge in [0.15, 0.2) is 0 Å². The molecule has 0 saturated heterocycles. The van der Waals surface area contributed by atoms with Crippen LogP contribution in [0.5, 0.6) is 11.5 Å². The van der Waals surface area contributed by atoms with E-state index in [1.807, 2.05) is 38.1 Å². The van der Waals surface area contributed by atoms with Crippen LogP contribution in [0.4, 0.5) is 0 Å². The zero-order chi connectivity index (χ0) is 14.4. The second kappa shape index (κ2) is 7.50. The molecule has 0 bridgehead atoms. The van der Waals surface area contributed by atoms with Gasteiger partial charge in [0.05, 0.1) is 6.61 Å². The van der Waals surface area contributed by atoms with E-state index in [9.17, 15) is 0 Å². The second-order valence-electron chi connectivity index (χ2n) is 4.88. The summed E-state index contributed by atoms with van der Waals surface area (Å²) in [5, 5.41) is 3.43. The van der Waals surface area contributed by atoms with Crippen LogP contribution in [0.1, 0.15) is 27.2 Å². The lowest BCUT2D eigenvalue weighted by Crippen LogP contribution is -2.61. The Balaban J connectivity index is 1.94. The maximum Gasteiger partial charge on any atom is 0.128 e. The van der Waals surface area contributed by atoms with Gasteiger partial charge in [-0.15, -0.1) is 0 Å². The summed E-state index contributed by atoms with van der Waals surface area (Å²) in [7, 11) is 0. The van der Waals surface area contributed by atoms with E-state index >= 15 is 0 Å². The Hall–Kier alpha value is -1.26. The third-order valence-electron chi connectivity index (χ3n) is 3.48. The summed E-state index contributed by atoms with van der Waals surface area (Å²) in [5.74, 6) is 1.70. The molecule has 0 amide bonds. The molecule has 3 atom stereocenters. The minimum absolute atomic E-state index is 0.121. The van der Waals surface area contributed by atoms with Crippen molar-refractivity contribution in [2.24, 2.45) is 0 Å². The second-order valence-corrected chi connectivity index (χ2v) is 4.88. The highest BCUT2D eigenvalue weighted by molar-refractivity contribution is 5.33. The van der Waals surface area contributed by atoms with E-state index < -0.39 is 0 Å². The highest BCUT2D eigenvalue weighted by Crippen LogP contribution is 2.30. The number of ether oxygens (including phenoxy) is 3. The van der Waals surface area contributed by atoms with Crippen molar-refractivity contribution < 1.29 is 14.2 Å². The molecule has 20 heavy (non-hydrogen) atoms. The Morgan fingerprint density at radius 3 is 2.65 bits per heavy atom. The Labute approximate surface area is 121 Å². The van der Waals surface area contributed by atoms with Crippen LogP contribution in [0.2, 0.25) is 0 Å². The zero-order valence-corrected chi connectivity index (χ0v) is 12.6. The Morgan fingerprint density at radius 2 is 1.95 bits per heavy atom. The molecular weight excluding hydrogens is 254 g/mol. The maximum atomic E-state index is 6.03. The van der Waals surface area contributed by atoms with Crippen molar-refractivity contribution in [1.29, 1.82) is 0 Å². The monoisotopic (exact) mass is 279 g/mol. The summed E-state index contributed by atoms with van der Waals surface area (Å²) in [6.45, 7) is 8.45. The average molecular weight is 279 g/mol. The number of rotatable bonds is 8. The number of nitrogens with one attached hydrogen (secondary N) is 1. The first-order valence-corrected chi connectivity index (χ1v) is 7.53. The predicted octanol–water partition coefficient (Wildman–Crippen LogP) is 2.62. The molecule has 1 aromatic carbocycles. The van der Waals surface area contributed by atoms with E-state index in [4.69, 9.17) is 14.2 Å². The number of benzene rings is 1. The summed E-state index contributed by atoms with van der Waals surface area (Å²) in [4.78, 5) is 0. The topological polar surface area (TPSA) is 39.7 Å². The van der Waals surface area contributed by atoms with Gasteiger partial charge in [0.1, 0.15) is 23.7 Å². The average Bonchev–Trinajstić information content (AvgIpc) is 2.44. The van der Waals surface area contributed by atoms with E-state index in [0.29, 0.717) is 19.3 Å². The van der Waals surface area contributed by atoms with Gasteiger partial charge < -0.3 is 19.5 Å². The molecule has 1 aliphatic carbocycles. The molecule has 1 aliphatic rings. The van der Waals surface area contributed by atoms with Gasteiger partial charge in [-0.1, -0.05) is 13.0 Å². The lowest BCUT2D eigenvalue weighted by molar-refractivity contribution is -0.104. The van der Waals surface area contributed by atoms with E-state index in [1.165, 1.54) is 0 Å². The molecule has 1 saturated carbocycles. The van der Waals surface area contributed by atoms with Crippen LogP contribution >= 0.6 is 0 Å². The highest BCUT2D eigenvalue weighted by Gasteiger charge is 2.43. The Morgan fingerprint density at radius 1 is 1.15 bits per heavy atom. The van der Waals surface area contributed by atoms with Gasteiger partial charge in [0, 0.05) is 25.1 Å². The van der Waals surface area contributed by atoms with Gasteiger partial charge in [-0.05, 0) is 32.5 Å². The standard InChI is InChI=1S/C16H25NO3/c1-4-17-14-11-15(16(14)19-6-3)20-13-9-7-8-12(10-13)18-5-2/h7-10,14-17H,4-6,11H2,1-3H3. The molecule has 0 aliphatic heterocycles. The van der Waals surface area contributed by atoms with E-state index in [0.717, 1.165) is 24.5 Å². The smallest absolute Gasteiger partial charge is 0.128 e. The van der Waals surface area contributed by atoms with Crippen molar-refractivity contribution in [3.05, 3.63) is 24.3 Å². The molecule has 0 aromatic heterocycles.